The van der Waals surface area contributed by atoms with Gasteiger partial charge >= 0.3 is 0 Å². The van der Waals surface area contributed by atoms with Crippen molar-refractivity contribution in [1.29, 1.82) is 0 Å². The molecule has 3 aromatic rings. The zero-order chi connectivity index (χ0) is 15.0. The fraction of sp³-hybridized carbons (Fsp3) is 0. The molecule has 1 heterocycles. The van der Waals surface area contributed by atoms with Crippen LogP contribution in [0.15, 0.2) is 45.3 Å². The first-order chi connectivity index (χ1) is 10.1. The Morgan fingerprint density at radius 2 is 1.90 bits per heavy atom. The van der Waals surface area contributed by atoms with Crippen molar-refractivity contribution in [2.75, 3.05) is 5.73 Å². The minimum Gasteiger partial charge on any atom is -0.398 e. The molecule has 0 aliphatic carbocycles. The zero-order valence-corrected chi connectivity index (χ0v) is 13.6. The van der Waals surface area contributed by atoms with Crippen LogP contribution in [-0.2, 0) is 0 Å². The van der Waals surface area contributed by atoms with E-state index < -0.39 is 5.82 Å². The number of nitrogens with two attached hydrogens (primary N) is 1. The fourth-order valence-electron chi connectivity index (χ4n) is 1.89. The topological polar surface area (TPSA) is 69.6 Å². The summed E-state index contributed by atoms with van der Waals surface area (Å²) in [5.41, 5.74) is 7.36. The lowest BCUT2D eigenvalue weighted by Gasteiger charge is -2.08. The highest BCUT2D eigenvalue weighted by molar-refractivity contribution is 9.11. The third-order valence-corrected chi connectivity index (χ3v) is 4.24. The minimum absolute atomic E-state index is 0.249. The van der Waals surface area contributed by atoms with Crippen molar-refractivity contribution in [1.82, 2.24) is 20.2 Å². The van der Waals surface area contributed by atoms with Gasteiger partial charge < -0.3 is 5.73 Å². The third kappa shape index (κ3) is 2.56. The second-order valence-corrected chi connectivity index (χ2v) is 5.93. The second-order valence-electron chi connectivity index (χ2n) is 4.22. The van der Waals surface area contributed by atoms with Gasteiger partial charge in [0.05, 0.1) is 0 Å². The third-order valence-electron chi connectivity index (χ3n) is 2.87. The molecule has 0 atom stereocenters. The minimum atomic E-state index is -0.428. The predicted octanol–water partition coefficient (Wildman–Crippen LogP) is 3.58. The number of hydrogen-bond acceptors (Lipinski definition) is 4. The van der Waals surface area contributed by atoms with Crippen LogP contribution in [0.2, 0.25) is 0 Å². The van der Waals surface area contributed by atoms with E-state index in [2.05, 4.69) is 47.4 Å². The van der Waals surface area contributed by atoms with Gasteiger partial charge in [0, 0.05) is 20.2 Å². The Balaban J connectivity index is 2.20. The van der Waals surface area contributed by atoms with Crippen molar-refractivity contribution < 1.29 is 4.39 Å². The fourth-order valence-corrected chi connectivity index (χ4v) is 2.65. The molecule has 5 nitrogen and oxygen atoms in total. The van der Waals surface area contributed by atoms with E-state index in [-0.39, 0.29) is 5.69 Å². The van der Waals surface area contributed by atoms with E-state index in [1.165, 1.54) is 10.7 Å². The van der Waals surface area contributed by atoms with E-state index in [9.17, 15) is 4.39 Å². The maximum atomic E-state index is 14.1. The Labute approximate surface area is 136 Å². The standard InChI is InChI=1S/C13H8Br2FN5/c14-8-5-4-7(6-11(8)17)13-18-19-20-21(13)12-9(15)2-1-3-10(12)16/h1-6H,17H2. The van der Waals surface area contributed by atoms with Crippen molar-refractivity contribution in [3.8, 4) is 17.1 Å². The summed E-state index contributed by atoms with van der Waals surface area (Å²) in [6.07, 6.45) is 0. The normalized spacial score (nSPS) is 10.8. The van der Waals surface area contributed by atoms with E-state index >= 15 is 0 Å². The van der Waals surface area contributed by atoms with Crippen molar-refractivity contribution in [2.24, 2.45) is 0 Å². The molecule has 0 aliphatic heterocycles. The Bertz CT molecular complexity index is 798. The molecular formula is C13H8Br2FN5. The van der Waals surface area contributed by atoms with Gasteiger partial charge in [-0.15, -0.1) is 5.10 Å². The highest BCUT2D eigenvalue weighted by atomic mass is 79.9. The van der Waals surface area contributed by atoms with Gasteiger partial charge in [0.15, 0.2) is 5.82 Å². The predicted molar refractivity (Wildman–Crippen MR) is 84.4 cm³/mol. The SMILES string of the molecule is Nc1cc(-c2nnnn2-c2c(F)cccc2Br)ccc1Br. The Morgan fingerprint density at radius 3 is 2.62 bits per heavy atom. The van der Waals surface area contributed by atoms with Crippen LogP contribution in [0.4, 0.5) is 10.1 Å². The largest absolute Gasteiger partial charge is 0.398 e. The molecule has 0 unspecified atom stereocenters. The first-order valence-electron chi connectivity index (χ1n) is 5.86. The van der Waals surface area contributed by atoms with Crippen LogP contribution in [0.1, 0.15) is 0 Å². The van der Waals surface area contributed by atoms with Gasteiger partial charge in [-0.25, -0.2) is 4.39 Å². The number of rotatable bonds is 2. The summed E-state index contributed by atoms with van der Waals surface area (Å²) < 4.78 is 16.7. The number of nitrogens with zero attached hydrogens (tertiary/aromatic N) is 4. The van der Waals surface area contributed by atoms with Crippen LogP contribution in [0.3, 0.4) is 0 Å². The molecule has 0 fully saturated rings. The van der Waals surface area contributed by atoms with Crippen LogP contribution < -0.4 is 5.73 Å². The van der Waals surface area contributed by atoms with Gasteiger partial charge in [0.1, 0.15) is 11.5 Å². The first kappa shape index (κ1) is 14.2. The molecule has 2 aromatic carbocycles. The summed E-state index contributed by atoms with van der Waals surface area (Å²) in [6.45, 7) is 0. The molecule has 1 aromatic heterocycles. The molecule has 0 spiro atoms. The number of halogens is 3. The summed E-state index contributed by atoms with van der Waals surface area (Å²) in [7, 11) is 0. The van der Waals surface area contributed by atoms with E-state index in [1.54, 1.807) is 30.3 Å². The lowest BCUT2D eigenvalue weighted by Crippen LogP contribution is -2.04. The average Bonchev–Trinajstić information content (AvgIpc) is 2.91. The Kier molecular flexibility index (Phi) is 3.73. The van der Waals surface area contributed by atoms with Gasteiger partial charge in [-0.3, -0.25) is 0 Å². The summed E-state index contributed by atoms with van der Waals surface area (Å²) in [6, 6.07) is 9.99. The quantitative estimate of drug-likeness (QED) is 0.653. The Morgan fingerprint density at radius 1 is 1.10 bits per heavy atom. The van der Waals surface area contributed by atoms with Crippen molar-refractivity contribution in [3.63, 3.8) is 0 Å². The molecule has 8 heteroatoms. The van der Waals surface area contributed by atoms with Gasteiger partial charge in [0.25, 0.3) is 0 Å². The summed E-state index contributed by atoms with van der Waals surface area (Å²) in [5, 5.41) is 11.5. The number of hydrogen-bond donors (Lipinski definition) is 1. The maximum Gasteiger partial charge on any atom is 0.187 e. The highest BCUT2D eigenvalue weighted by Gasteiger charge is 2.17. The van der Waals surface area contributed by atoms with Crippen LogP contribution >= 0.6 is 31.9 Å². The van der Waals surface area contributed by atoms with E-state index in [0.29, 0.717) is 21.5 Å². The van der Waals surface area contributed by atoms with Crippen LogP contribution in [0, 0.1) is 5.82 Å². The first-order valence-corrected chi connectivity index (χ1v) is 7.44. The number of aromatic nitrogens is 4. The molecule has 3 rings (SSSR count). The summed E-state index contributed by atoms with van der Waals surface area (Å²) >= 11 is 6.64. The van der Waals surface area contributed by atoms with Gasteiger partial charge in [-0.2, -0.15) is 4.68 Å². The molecule has 0 saturated carbocycles. The number of nitrogen functional groups attached to an aromatic ring is 1. The summed E-state index contributed by atoms with van der Waals surface area (Å²) in [5.74, 6) is -0.0250. The molecule has 21 heavy (non-hydrogen) atoms. The second kappa shape index (κ2) is 5.53. The highest BCUT2D eigenvalue weighted by Crippen LogP contribution is 2.29. The number of para-hydroxylation sites is 1. The van der Waals surface area contributed by atoms with E-state index in [1.807, 2.05) is 0 Å². The molecular weight excluding hydrogens is 405 g/mol. The maximum absolute atomic E-state index is 14.1. The van der Waals surface area contributed by atoms with Gasteiger partial charge in [0.2, 0.25) is 0 Å². The average molecular weight is 413 g/mol. The van der Waals surface area contributed by atoms with Crippen LogP contribution in [-0.4, -0.2) is 20.2 Å². The molecule has 106 valence electrons. The smallest absolute Gasteiger partial charge is 0.187 e. The van der Waals surface area contributed by atoms with Crippen molar-refractivity contribution in [2.45, 2.75) is 0 Å². The molecule has 2 N–H and O–H groups in total. The molecule has 0 bridgehead atoms. The molecule has 0 saturated heterocycles. The van der Waals surface area contributed by atoms with Crippen LogP contribution in [0.25, 0.3) is 17.1 Å². The zero-order valence-electron chi connectivity index (χ0n) is 10.5. The van der Waals surface area contributed by atoms with Crippen molar-refractivity contribution in [3.05, 3.63) is 51.2 Å². The summed E-state index contributed by atoms with van der Waals surface area (Å²) in [4.78, 5) is 0. The number of benzene rings is 2. The molecule has 0 amide bonds. The van der Waals surface area contributed by atoms with Crippen LogP contribution in [0.5, 0.6) is 0 Å². The van der Waals surface area contributed by atoms with E-state index in [4.69, 9.17) is 5.73 Å². The lowest BCUT2D eigenvalue weighted by molar-refractivity contribution is 0.606. The molecule has 0 radical (unpaired) electrons. The molecule has 0 aliphatic rings. The van der Waals surface area contributed by atoms with Gasteiger partial charge in [-0.1, -0.05) is 6.07 Å². The number of anilines is 1. The van der Waals surface area contributed by atoms with Gasteiger partial charge in [-0.05, 0) is 72.6 Å². The Hall–Kier alpha value is -1.80. The lowest BCUT2D eigenvalue weighted by atomic mass is 10.2. The van der Waals surface area contributed by atoms with E-state index in [0.717, 1.165) is 4.47 Å². The van der Waals surface area contributed by atoms with Crippen molar-refractivity contribution >= 4 is 37.5 Å². The monoisotopic (exact) mass is 411 g/mol. The number of tetrazole rings is 1.